The van der Waals surface area contributed by atoms with E-state index in [1.165, 1.54) is 6.92 Å². The van der Waals surface area contributed by atoms with Gasteiger partial charge < -0.3 is 20.1 Å². The second-order valence-electron chi connectivity index (χ2n) is 7.14. The molecule has 29 heavy (non-hydrogen) atoms. The maximum absolute atomic E-state index is 12.4. The number of hydrogen-bond acceptors (Lipinski definition) is 4. The van der Waals surface area contributed by atoms with Crippen LogP contribution < -0.4 is 20.1 Å². The number of hydrogen-bond donors (Lipinski definition) is 2. The molecule has 0 aliphatic carbocycles. The topological polar surface area (TPSA) is 76.7 Å². The summed E-state index contributed by atoms with van der Waals surface area (Å²) in [6, 6.07) is 12.0. The number of halogens is 1. The lowest BCUT2D eigenvalue weighted by Crippen LogP contribution is -2.46. The summed E-state index contributed by atoms with van der Waals surface area (Å²) in [7, 11) is 1.57. The van der Waals surface area contributed by atoms with Crippen molar-refractivity contribution in [2.24, 2.45) is 5.92 Å². The lowest BCUT2D eigenvalue weighted by atomic mass is 10.0. The Balaban J connectivity index is 1.94. The van der Waals surface area contributed by atoms with Crippen molar-refractivity contribution in [1.82, 2.24) is 10.6 Å². The molecule has 0 fully saturated rings. The first-order valence-corrected chi connectivity index (χ1v) is 9.81. The SMILES string of the molecule is COc1ccc(Oc2ccc(CNC(=O)C(CC(C)C)NC(C)=O)cc2)c(Cl)c1. The van der Waals surface area contributed by atoms with Gasteiger partial charge in [-0.1, -0.05) is 37.6 Å². The molecule has 0 heterocycles. The van der Waals surface area contributed by atoms with Crippen LogP contribution >= 0.6 is 11.6 Å². The summed E-state index contributed by atoms with van der Waals surface area (Å²) < 4.78 is 10.9. The average Bonchev–Trinajstić information content (AvgIpc) is 2.67. The van der Waals surface area contributed by atoms with Crippen LogP contribution in [-0.2, 0) is 16.1 Å². The zero-order valence-corrected chi connectivity index (χ0v) is 17.9. The molecular formula is C22H27ClN2O4. The number of carbonyl (C=O) groups excluding carboxylic acids is 2. The highest BCUT2D eigenvalue weighted by Gasteiger charge is 2.20. The Morgan fingerprint density at radius 3 is 2.28 bits per heavy atom. The molecular weight excluding hydrogens is 392 g/mol. The van der Waals surface area contributed by atoms with Gasteiger partial charge in [0.25, 0.3) is 0 Å². The number of methoxy groups -OCH3 is 1. The maximum atomic E-state index is 12.4. The monoisotopic (exact) mass is 418 g/mol. The molecule has 0 bridgehead atoms. The normalized spacial score (nSPS) is 11.7. The summed E-state index contributed by atoms with van der Waals surface area (Å²) in [5.41, 5.74) is 0.914. The van der Waals surface area contributed by atoms with Gasteiger partial charge in [-0.2, -0.15) is 0 Å². The molecule has 0 saturated heterocycles. The maximum Gasteiger partial charge on any atom is 0.242 e. The van der Waals surface area contributed by atoms with Crippen LogP contribution in [0.4, 0.5) is 0 Å². The van der Waals surface area contributed by atoms with Crippen LogP contribution in [0.1, 0.15) is 32.8 Å². The summed E-state index contributed by atoms with van der Waals surface area (Å²) >= 11 is 6.19. The highest BCUT2D eigenvalue weighted by Crippen LogP contribution is 2.32. The minimum absolute atomic E-state index is 0.195. The summed E-state index contributed by atoms with van der Waals surface area (Å²) in [5, 5.41) is 6.03. The zero-order chi connectivity index (χ0) is 21.4. The van der Waals surface area contributed by atoms with E-state index in [1.54, 1.807) is 25.3 Å². The minimum Gasteiger partial charge on any atom is -0.497 e. The van der Waals surface area contributed by atoms with Gasteiger partial charge >= 0.3 is 0 Å². The zero-order valence-electron chi connectivity index (χ0n) is 17.1. The molecule has 156 valence electrons. The van der Waals surface area contributed by atoms with Crippen molar-refractivity contribution in [2.75, 3.05) is 7.11 Å². The van der Waals surface area contributed by atoms with Gasteiger partial charge in [-0.3, -0.25) is 9.59 Å². The van der Waals surface area contributed by atoms with Crippen molar-refractivity contribution in [2.45, 2.75) is 39.8 Å². The highest BCUT2D eigenvalue weighted by molar-refractivity contribution is 6.32. The molecule has 0 radical (unpaired) electrons. The van der Waals surface area contributed by atoms with E-state index < -0.39 is 6.04 Å². The van der Waals surface area contributed by atoms with E-state index in [-0.39, 0.29) is 11.8 Å². The Hall–Kier alpha value is -2.73. The first-order valence-electron chi connectivity index (χ1n) is 9.43. The van der Waals surface area contributed by atoms with Gasteiger partial charge in [0.05, 0.1) is 12.1 Å². The largest absolute Gasteiger partial charge is 0.497 e. The predicted octanol–water partition coefficient (Wildman–Crippen LogP) is 4.31. The fourth-order valence-corrected chi connectivity index (χ4v) is 2.96. The Morgan fingerprint density at radius 1 is 1.07 bits per heavy atom. The van der Waals surface area contributed by atoms with Crippen molar-refractivity contribution in [3.8, 4) is 17.2 Å². The summed E-state index contributed by atoms with van der Waals surface area (Å²) in [5.74, 6) is 1.69. The summed E-state index contributed by atoms with van der Waals surface area (Å²) in [6.45, 7) is 5.79. The number of amides is 2. The average molecular weight is 419 g/mol. The Morgan fingerprint density at radius 2 is 1.72 bits per heavy atom. The fourth-order valence-electron chi connectivity index (χ4n) is 2.75. The third-order valence-electron chi connectivity index (χ3n) is 4.16. The van der Waals surface area contributed by atoms with Crippen molar-refractivity contribution in [3.63, 3.8) is 0 Å². The molecule has 2 N–H and O–H groups in total. The van der Waals surface area contributed by atoms with E-state index in [9.17, 15) is 9.59 Å². The molecule has 6 nitrogen and oxygen atoms in total. The third kappa shape index (κ3) is 7.31. The standard InChI is InChI=1S/C22H27ClN2O4/c1-14(2)11-20(25-15(3)26)22(27)24-13-16-5-7-17(8-6-16)29-21-10-9-18(28-4)12-19(21)23/h5-10,12,14,20H,11,13H2,1-4H3,(H,24,27)(H,25,26). The van der Waals surface area contributed by atoms with Crippen LogP contribution in [0.15, 0.2) is 42.5 Å². The number of nitrogens with one attached hydrogen (secondary N) is 2. The molecule has 1 unspecified atom stereocenters. The van der Waals surface area contributed by atoms with Gasteiger partial charge in [-0.05, 0) is 42.2 Å². The minimum atomic E-state index is -0.535. The molecule has 2 aromatic rings. The number of benzene rings is 2. The third-order valence-corrected chi connectivity index (χ3v) is 4.45. The second kappa shape index (κ2) is 10.7. The summed E-state index contributed by atoms with van der Waals surface area (Å²) in [4.78, 5) is 23.8. The molecule has 0 aliphatic rings. The molecule has 2 aromatic carbocycles. The molecule has 0 spiro atoms. The molecule has 2 amide bonds. The number of carbonyl (C=O) groups is 2. The lowest BCUT2D eigenvalue weighted by molar-refractivity contribution is -0.128. The van der Waals surface area contributed by atoms with E-state index in [4.69, 9.17) is 21.1 Å². The molecule has 0 aliphatic heterocycles. The van der Waals surface area contributed by atoms with Crippen LogP contribution in [0.3, 0.4) is 0 Å². The highest BCUT2D eigenvalue weighted by atomic mass is 35.5. The van der Waals surface area contributed by atoms with Crippen molar-refractivity contribution >= 4 is 23.4 Å². The predicted molar refractivity (Wildman–Crippen MR) is 113 cm³/mol. The Kier molecular flexibility index (Phi) is 8.34. The van der Waals surface area contributed by atoms with E-state index in [0.29, 0.717) is 41.2 Å². The van der Waals surface area contributed by atoms with Crippen LogP contribution in [0.5, 0.6) is 17.2 Å². The van der Waals surface area contributed by atoms with Crippen LogP contribution in [0, 0.1) is 5.92 Å². The van der Waals surface area contributed by atoms with E-state index in [0.717, 1.165) is 5.56 Å². The van der Waals surface area contributed by atoms with Crippen molar-refractivity contribution in [3.05, 3.63) is 53.1 Å². The van der Waals surface area contributed by atoms with Gasteiger partial charge in [-0.25, -0.2) is 0 Å². The first-order chi connectivity index (χ1) is 13.8. The van der Waals surface area contributed by atoms with Gasteiger partial charge in [0.2, 0.25) is 11.8 Å². The molecule has 2 rings (SSSR count). The number of ether oxygens (including phenoxy) is 2. The van der Waals surface area contributed by atoms with Crippen molar-refractivity contribution in [1.29, 1.82) is 0 Å². The molecule has 0 saturated carbocycles. The van der Waals surface area contributed by atoms with Crippen LogP contribution in [0.2, 0.25) is 5.02 Å². The van der Waals surface area contributed by atoms with Crippen LogP contribution in [-0.4, -0.2) is 25.0 Å². The second-order valence-corrected chi connectivity index (χ2v) is 7.55. The van der Waals surface area contributed by atoms with Gasteiger partial charge in [0.15, 0.2) is 0 Å². The Bertz CT molecular complexity index is 837. The van der Waals surface area contributed by atoms with Gasteiger partial charge in [0.1, 0.15) is 23.3 Å². The lowest BCUT2D eigenvalue weighted by Gasteiger charge is -2.19. The van der Waals surface area contributed by atoms with E-state index in [1.807, 2.05) is 38.1 Å². The molecule has 0 aromatic heterocycles. The van der Waals surface area contributed by atoms with Crippen molar-refractivity contribution < 1.29 is 19.1 Å². The number of rotatable bonds is 9. The first kappa shape index (κ1) is 22.6. The Labute approximate surface area is 176 Å². The van der Waals surface area contributed by atoms with E-state index in [2.05, 4.69) is 10.6 Å². The van der Waals surface area contributed by atoms with E-state index >= 15 is 0 Å². The summed E-state index contributed by atoms with van der Waals surface area (Å²) in [6.07, 6.45) is 0.584. The molecule has 1 atom stereocenters. The quantitative estimate of drug-likeness (QED) is 0.636. The van der Waals surface area contributed by atoms with Gasteiger partial charge in [0, 0.05) is 19.5 Å². The molecule has 7 heteroatoms. The van der Waals surface area contributed by atoms with Crippen LogP contribution in [0.25, 0.3) is 0 Å². The van der Waals surface area contributed by atoms with Gasteiger partial charge in [-0.15, -0.1) is 0 Å². The fraction of sp³-hybridized carbons (Fsp3) is 0.364. The smallest absolute Gasteiger partial charge is 0.242 e.